The summed E-state index contributed by atoms with van der Waals surface area (Å²) in [6, 6.07) is 0. The second-order valence-corrected chi connectivity index (χ2v) is 5.44. The third-order valence-corrected chi connectivity index (χ3v) is 3.02. The molecule has 1 saturated carbocycles. The van der Waals surface area contributed by atoms with Gasteiger partial charge >= 0.3 is 0 Å². The molecule has 0 aliphatic heterocycles. The van der Waals surface area contributed by atoms with Crippen LogP contribution in [0.3, 0.4) is 0 Å². The van der Waals surface area contributed by atoms with Crippen molar-refractivity contribution in [2.24, 2.45) is 10.6 Å². The second kappa shape index (κ2) is 2.38. The number of alkyl halides is 2. The molecule has 1 rings (SSSR count). The maximum Gasteiger partial charge on any atom is 0.249 e. The number of sulfonamides is 1. The predicted molar refractivity (Wildman–Crippen MR) is 40.3 cm³/mol. The molecule has 1 fully saturated rings. The average molecular weight is 199 g/mol. The van der Waals surface area contributed by atoms with Crippen LogP contribution in [-0.2, 0) is 10.0 Å². The topological polar surface area (TPSA) is 60.2 Å². The first-order chi connectivity index (χ1) is 5.12. The van der Waals surface area contributed by atoms with Crippen molar-refractivity contribution >= 4 is 10.0 Å². The fourth-order valence-corrected chi connectivity index (χ4v) is 2.96. The van der Waals surface area contributed by atoms with Crippen molar-refractivity contribution < 1.29 is 17.2 Å². The van der Waals surface area contributed by atoms with Gasteiger partial charge in [0.2, 0.25) is 15.9 Å². The third kappa shape index (κ3) is 2.38. The van der Waals surface area contributed by atoms with E-state index in [1.54, 1.807) is 0 Å². The maximum atomic E-state index is 12.4. The van der Waals surface area contributed by atoms with E-state index in [9.17, 15) is 17.2 Å². The van der Waals surface area contributed by atoms with Crippen LogP contribution in [0.2, 0.25) is 0 Å². The van der Waals surface area contributed by atoms with Gasteiger partial charge in [0.25, 0.3) is 0 Å². The molecule has 2 N–H and O–H groups in total. The van der Waals surface area contributed by atoms with E-state index < -0.39 is 21.4 Å². The lowest BCUT2D eigenvalue weighted by molar-refractivity contribution is -0.144. The first kappa shape index (κ1) is 9.85. The highest BCUT2D eigenvalue weighted by molar-refractivity contribution is 7.89. The summed E-state index contributed by atoms with van der Waals surface area (Å²) in [6.07, 6.45) is -0.757. The van der Waals surface area contributed by atoms with Gasteiger partial charge in [-0.1, -0.05) is 6.92 Å². The van der Waals surface area contributed by atoms with Gasteiger partial charge in [0, 0.05) is 12.8 Å². The van der Waals surface area contributed by atoms with Crippen molar-refractivity contribution in [2.75, 3.05) is 5.75 Å². The lowest BCUT2D eigenvalue weighted by Crippen LogP contribution is -2.48. The maximum absolute atomic E-state index is 12.4. The summed E-state index contributed by atoms with van der Waals surface area (Å²) in [7, 11) is -3.63. The van der Waals surface area contributed by atoms with Gasteiger partial charge in [-0.2, -0.15) is 0 Å². The molecule has 0 bridgehead atoms. The molecule has 0 radical (unpaired) electrons. The molecule has 0 saturated heterocycles. The Balaban J connectivity index is 2.58. The molecule has 1 aliphatic rings. The van der Waals surface area contributed by atoms with Gasteiger partial charge in [-0.15, -0.1) is 0 Å². The highest BCUT2D eigenvalue weighted by Gasteiger charge is 2.54. The van der Waals surface area contributed by atoms with E-state index in [0.29, 0.717) is 0 Å². The minimum Gasteiger partial charge on any atom is -0.229 e. The van der Waals surface area contributed by atoms with Gasteiger partial charge in [-0.25, -0.2) is 22.3 Å². The normalized spacial score (nSPS) is 26.3. The van der Waals surface area contributed by atoms with E-state index in [1.807, 2.05) is 0 Å². The van der Waals surface area contributed by atoms with Crippen molar-refractivity contribution in [2.45, 2.75) is 25.7 Å². The smallest absolute Gasteiger partial charge is 0.229 e. The Bertz CT molecular complexity index is 278. The van der Waals surface area contributed by atoms with Crippen molar-refractivity contribution in [1.82, 2.24) is 0 Å². The molecule has 6 heteroatoms. The zero-order chi connectivity index (χ0) is 9.62. The van der Waals surface area contributed by atoms with Gasteiger partial charge in [-0.3, -0.25) is 0 Å². The van der Waals surface area contributed by atoms with Gasteiger partial charge < -0.3 is 0 Å². The Kier molecular flexibility index (Phi) is 1.96. The Hall–Kier alpha value is -0.230. The summed E-state index contributed by atoms with van der Waals surface area (Å²) in [5.74, 6) is -3.05. The standard InChI is InChI=1S/C6H11F2NO2S/c1-5(4-12(9,10)11)2-6(7,8)3-5/h2-4H2,1H3,(H2,9,10,11). The lowest BCUT2D eigenvalue weighted by Gasteiger charge is -2.44. The van der Waals surface area contributed by atoms with Gasteiger partial charge in [0.1, 0.15) is 0 Å². The molecule has 0 aromatic rings. The monoisotopic (exact) mass is 199 g/mol. The number of hydrogen-bond acceptors (Lipinski definition) is 2. The molecule has 0 unspecified atom stereocenters. The fraction of sp³-hybridized carbons (Fsp3) is 1.00. The van der Waals surface area contributed by atoms with Gasteiger partial charge in [0.15, 0.2) is 0 Å². The number of hydrogen-bond donors (Lipinski definition) is 1. The molecule has 0 spiro atoms. The Morgan fingerprint density at radius 2 is 1.83 bits per heavy atom. The Morgan fingerprint density at radius 1 is 1.42 bits per heavy atom. The van der Waals surface area contributed by atoms with Crippen LogP contribution in [0.4, 0.5) is 8.78 Å². The van der Waals surface area contributed by atoms with Gasteiger partial charge in [-0.05, 0) is 5.41 Å². The highest BCUT2D eigenvalue weighted by Crippen LogP contribution is 2.51. The van der Waals surface area contributed by atoms with E-state index in [-0.39, 0.29) is 18.6 Å². The van der Waals surface area contributed by atoms with Crippen molar-refractivity contribution in [3.05, 3.63) is 0 Å². The molecule has 0 amide bonds. The molecule has 72 valence electrons. The van der Waals surface area contributed by atoms with E-state index in [0.717, 1.165) is 0 Å². The van der Waals surface area contributed by atoms with Crippen LogP contribution in [-0.4, -0.2) is 20.1 Å². The van der Waals surface area contributed by atoms with Crippen LogP contribution >= 0.6 is 0 Å². The first-order valence-corrected chi connectivity index (χ1v) is 5.22. The van der Waals surface area contributed by atoms with Crippen molar-refractivity contribution in [3.8, 4) is 0 Å². The molecule has 12 heavy (non-hydrogen) atoms. The largest absolute Gasteiger partial charge is 0.249 e. The number of nitrogens with two attached hydrogens (primary N) is 1. The summed E-state index contributed by atoms with van der Waals surface area (Å²) in [4.78, 5) is 0. The van der Waals surface area contributed by atoms with E-state index >= 15 is 0 Å². The van der Waals surface area contributed by atoms with Gasteiger partial charge in [0.05, 0.1) is 5.75 Å². The number of primary sulfonamides is 1. The lowest BCUT2D eigenvalue weighted by atomic mass is 9.69. The summed E-state index contributed by atoms with van der Waals surface area (Å²) >= 11 is 0. The molecule has 0 atom stereocenters. The average Bonchev–Trinajstić information content (AvgIpc) is 1.48. The summed E-state index contributed by atoms with van der Waals surface area (Å²) in [6.45, 7) is 1.51. The van der Waals surface area contributed by atoms with Crippen LogP contribution in [0.25, 0.3) is 0 Å². The Morgan fingerprint density at radius 3 is 2.08 bits per heavy atom. The van der Waals surface area contributed by atoms with Crippen LogP contribution in [0, 0.1) is 5.41 Å². The minimum atomic E-state index is -3.63. The predicted octanol–water partition coefficient (Wildman–Crippen LogP) is 0.710. The first-order valence-electron chi connectivity index (χ1n) is 3.50. The molecule has 3 nitrogen and oxygen atoms in total. The SMILES string of the molecule is CC1(CS(N)(=O)=O)CC(F)(F)C1. The second-order valence-electron chi connectivity index (χ2n) is 3.83. The summed E-state index contributed by atoms with van der Waals surface area (Å²) in [5, 5.41) is 4.75. The molecule has 0 heterocycles. The molecule has 0 aromatic carbocycles. The Labute approximate surface area is 70.0 Å². The molecule has 1 aliphatic carbocycles. The van der Waals surface area contributed by atoms with E-state index in [4.69, 9.17) is 5.14 Å². The fourth-order valence-electron chi connectivity index (χ4n) is 1.78. The quantitative estimate of drug-likeness (QED) is 0.712. The zero-order valence-electron chi connectivity index (χ0n) is 6.68. The molecular formula is C6H11F2NO2S. The molecule has 0 aromatic heterocycles. The zero-order valence-corrected chi connectivity index (χ0v) is 7.50. The molecular weight excluding hydrogens is 188 g/mol. The van der Waals surface area contributed by atoms with Crippen LogP contribution in [0.5, 0.6) is 0 Å². The minimum absolute atomic E-state index is 0.352. The number of rotatable bonds is 2. The van der Waals surface area contributed by atoms with Crippen LogP contribution < -0.4 is 5.14 Å². The van der Waals surface area contributed by atoms with Crippen LogP contribution in [0.15, 0.2) is 0 Å². The van der Waals surface area contributed by atoms with Crippen LogP contribution in [0.1, 0.15) is 19.8 Å². The summed E-state index contributed by atoms with van der Waals surface area (Å²) < 4.78 is 45.9. The van der Waals surface area contributed by atoms with Crippen molar-refractivity contribution in [3.63, 3.8) is 0 Å². The summed E-state index contributed by atoms with van der Waals surface area (Å²) in [5.41, 5.74) is -0.822. The van der Waals surface area contributed by atoms with E-state index in [1.165, 1.54) is 6.92 Å². The number of halogens is 2. The third-order valence-electron chi connectivity index (χ3n) is 1.92. The van der Waals surface area contributed by atoms with Crippen molar-refractivity contribution in [1.29, 1.82) is 0 Å². The van der Waals surface area contributed by atoms with E-state index in [2.05, 4.69) is 0 Å². The highest BCUT2D eigenvalue weighted by atomic mass is 32.2.